The van der Waals surface area contributed by atoms with E-state index in [2.05, 4.69) is 16.0 Å². The van der Waals surface area contributed by atoms with Gasteiger partial charge in [-0.05, 0) is 38.1 Å². The molecule has 1 saturated heterocycles. The van der Waals surface area contributed by atoms with E-state index in [0.29, 0.717) is 36.6 Å². The fourth-order valence-corrected chi connectivity index (χ4v) is 2.89. The van der Waals surface area contributed by atoms with E-state index in [-0.39, 0.29) is 5.91 Å². The highest BCUT2D eigenvalue weighted by Crippen LogP contribution is 2.33. The van der Waals surface area contributed by atoms with Crippen molar-refractivity contribution in [1.29, 1.82) is 0 Å². The number of hydrogen-bond donors (Lipinski definition) is 4. The van der Waals surface area contributed by atoms with Crippen LogP contribution in [0.5, 0.6) is 5.75 Å². The summed E-state index contributed by atoms with van der Waals surface area (Å²) in [4.78, 5) is 23.8. The molecule has 0 saturated carbocycles. The van der Waals surface area contributed by atoms with Gasteiger partial charge >= 0.3 is 6.03 Å². The summed E-state index contributed by atoms with van der Waals surface area (Å²) in [7, 11) is 3.08. The van der Waals surface area contributed by atoms with Gasteiger partial charge in [0, 0.05) is 18.9 Å². The lowest BCUT2D eigenvalue weighted by atomic mass is 9.78. The van der Waals surface area contributed by atoms with Crippen LogP contribution in [0.15, 0.2) is 18.2 Å². The number of primary amides is 1. The summed E-state index contributed by atoms with van der Waals surface area (Å²) in [6.07, 6.45) is 1.43. The van der Waals surface area contributed by atoms with Crippen LogP contribution in [0.25, 0.3) is 0 Å². The number of carbonyl (C=O) groups is 2. The Morgan fingerprint density at radius 1 is 1.25 bits per heavy atom. The second-order valence-corrected chi connectivity index (χ2v) is 5.82. The predicted molar refractivity (Wildman–Crippen MR) is 91.2 cm³/mol. The van der Waals surface area contributed by atoms with Gasteiger partial charge in [0.15, 0.2) is 0 Å². The number of amides is 3. The summed E-state index contributed by atoms with van der Waals surface area (Å²) in [5.74, 6) is 0.334. The molecule has 24 heavy (non-hydrogen) atoms. The molecule has 0 unspecified atom stereocenters. The number of ether oxygens (including phenoxy) is 2. The van der Waals surface area contributed by atoms with E-state index in [1.807, 2.05) is 0 Å². The van der Waals surface area contributed by atoms with E-state index in [4.69, 9.17) is 15.2 Å². The Bertz CT molecular complexity index is 594. The Hall–Kier alpha value is -2.32. The minimum atomic E-state index is -0.682. The van der Waals surface area contributed by atoms with Gasteiger partial charge < -0.3 is 31.2 Å². The first-order valence-corrected chi connectivity index (χ1v) is 7.76. The molecule has 0 bridgehead atoms. The summed E-state index contributed by atoms with van der Waals surface area (Å²) in [5, 5.41) is 8.64. The van der Waals surface area contributed by atoms with Gasteiger partial charge in [0.05, 0.1) is 24.8 Å². The minimum absolute atomic E-state index is 0.0801. The second-order valence-electron chi connectivity index (χ2n) is 5.82. The summed E-state index contributed by atoms with van der Waals surface area (Å²) >= 11 is 0. The van der Waals surface area contributed by atoms with Crippen LogP contribution in [0.3, 0.4) is 0 Å². The maximum atomic E-state index is 12.8. The maximum Gasteiger partial charge on any atom is 0.316 e. The number of hydrogen-bond acceptors (Lipinski definition) is 5. The highest BCUT2D eigenvalue weighted by atomic mass is 16.5. The Kier molecular flexibility index (Phi) is 5.99. The van der Waals surface area contributed by atoms with Gasteiger partial charge in [-0.1, -0.05) is 0 Å². The lowest BCUT2D eigenvalue weighted by Crippen LogP contribution is -2.47. The molecule has 8 heteroatoms. The van der Waals surface area contributed by atoms with Gasteiger partial charge in [-0.15, -0.1) is 0 Å². The van der Waals surface area contributed by atoms with Gasteiger partial charge in [-0.2, -0.15) is 0 Å². The zero-order chi connectivity index (χ0) is 17.6. The lowest BCUT2D eigenvalue weighted by molar-refractivity contribution is -0.130. The molecular formula is C16H24N4O4. The maximum absolute atomic E-state index is 12.8. The molecule has 1 aromatic rings. The van der Waals surface area contributed by atoms with E-state index < -0.39 is 11.4 Å². The van der Waals surface area contributed by atoms with Crippen LogP contribution < -0.4 is 26.4 Å². The minimum Gasteiger partial charge on any atom is -0.494 e. The summed E-state index contributed by atoms with van der Waals surface area (Å²) in [6, 6.07) is 4.28. The highest BCUT2D eigenvalue weighted by molar-refractivity contribution is 5.96. The molecule has 8 nitrogen and oxygen atoms in total. The van der Waals surface area contributed by atoms with Crippen molar-refractivity contribution in [2.24, 2.45) is 11.1 Å². The number of benzene rings is 1. The number of urea groups is 1. The largest absolute Gasteiger partial charge is 0.494 e. The molecule has 0 atom stereocenters. The molecule has 1 fully saturated rings. The molecule has 132 valence electrons. The highest BCUT2D eigenvalue weighted by Gasteiger charge is 2.39. The topological polar surface area (TPSA) is 115 Å². The number of nitrogens with one attached hydrogen (secondary N) is 3. The number of anilines is 2. The average Bonchev–Trinajstić information content (AvgIpc) is 2.56. The van der Waals surface area contributed by atoms with Crippen molar-refractivity contribution in [3.8, 4) is 5.75 Å². The number of rotatable bonds is 6. The molecule has 3 amide bonds. The van der Waals surface area contributed by atoms with Crippen molar-refractivity contribution in [2.45, 2.75) is 12.8 Å². The van der Waals surface area contributed by atoms with Crippen LogP contribution in [0.1, 0.15) is 12.8 Å². The molecule has 5 N–H and O–H groups in total. The monoisotopic (exact) mass is 336 g/mol. The summed E-state index contributed by atoms with van der Waals surface area (Å²) in [5.41, 5.74) is 5.60. The molecule has 1 heterocycles. The zero-order valence-electron chi connectivity index (χ0n) is 14.0. The van der Waals surface area contributed by atoms with Gasteiger partial charge in [-0.3, -0.25) is 4.79 Å². The molecule has 0 aliphatic carbocycles. The Balaban J connectivity index is 2.16. The van der Waals surface area contributed by atoms with E-state index in [1.54, 1.807) is 25.3 Å². The normalized spacial score (nSPS) is 16.2. The van der Waals surface area contributed by atoms with Crippen molar-refractivity contribution in [2.75, 3.05) is 44.5 Å². The molecule has 1 aliphatic heterocycles. The number of methoxy groups -OCH3 is 2. The quantitative estimate of drug-likeness (QED) is 0.622. The lowest BCUT2D eigenvalue weighted by Gasteiger charge is -2.35. The summed E-state index contributed by atoms with van der Waals surface area (Å²) in [6.45, 7) is 1.93. The number of carbonyl (C=O) groups excluding carboxylic acids is 2. The van der Waals surface area contributed by atoms with Gasteiger partial charge in [0.1, 0.15) is 5.75 Å². The number of nitrogens with two attached hydrogens (primary N) is 1. The fourth-order valence-electron chi connectivity index (χ4n) is 2.89. The average molecular weight is 336 g/mol. The van der Waals surface area contributed by atoms with E-state index >= 15 is 0 Å². The van der Waals surface area contributed by atoms with Crippen LogP contribution in [0.2, 0.25) is 0 Å². The van der Waals surface area contributed by atoms with Crippen LogP contribution in [0, 0.1) is 5.41 Å². The smallest absolute Gasteiger partial charge is 0.316 e. The van der Waals surface area contributed by atoms with Crippen LogP contribution in [-0.4, -0.2) is 45.9 Å². The van der Waals surface area contributed by atoms with Crippen molar-refractivity contribution in [1.82, 2.24) is 5.32 Å². The van der Waals surface area contributed by atoms with Crippen LogP contribution in [-0.2, 0) is 9.53 Å². The predicted octanol–water partition coefficient (Wildman–Crippen LogP) is 1.14. The van der Waals surface area contributed by atoms with Crippen molar-refractivity contribution < 1.29 is 19.1 Å². The molecule has 0 spiro atoms. The molecule has 0 aromatic heterocycles. The first kappa shape index (κ1) is 18.0. The Morgan fingerprint density at radius 3 is 2.54 bits per heavy atom. The Labute approximate surface area is 141 Å². The Morgan fingerprint density at radius 2 is 1.96 bits per heavy atom. The van der Waals surface area contributed by atoms with E-state index in [9.17, 15) is 9.59 Å². The first-order valence-electron chi connectivity index (χ1n) is 7.76. The van der Waals surface area contributed by atoms with Crippen molar-refractivity contribution in [3.05, 3.63) is 18.2 Å². The van der Waals surface area contributed by atoms with Crippen molar-refractivity contribution in [3.63, 3.8) is 0 Å². The van der Waals surface area contributed by atoms with Crippen molar-refractivity contribution >= 4 is 23.3 Å². The van der Waals surface area contributed by atoms with Crippen LogP contribution >= 0.6 is 0 Å². The standard InChI is InChI=1S/C16H24N4O4/c1-23-10-16(5-7-18-8-6-16)14(21)19-11-3-4-12(20-15(17)22)13(9-11)24-2/h3-4,9,18H,5-8,10H2,1-2H3,(H,19,21)(H3,17,20,22). The van der Waals surface area contributed by atoms with Gasteiger partial charge in [0.25, 0.3) is 0 Å². The third kappa shape index (κ3) is 4.15. The van der Waals surface area contributed by atoms with Gasteiger partial charge in [-0.25, -0.2) is 4.79 Å². The molecule has 2 rings (SSSR count). The SMILES string of the molecule is COCC1(C(=O)Nc2ccc(NC(N)=O)c(OC)c2)CCNCC1. The molecular weight excluding hydrogens is 312 g/mol. The third-order valence-corrected chi connectivity index (χ3v) is 4.18. The molecule has 1 aliphatic rings. The second kappa shape index (κ2) is 7.98. The van der Waals surface area contributed by atoms with Gasteiger partial charge in [0.2, 0.25) is 5.91 Å². The van der Waals surface area contributed by atoms with E-state index in [1.165, 1.54) is 7.11 Å². The first-order chi connectivity index (χ1) is 11.5. The zero-order valence-corrected chi connectivity index (χ0v) is 14.0. The summed E-state index contributed by atoms with van der Waals surface area (Å²) < 4.78 is 10.5. The molecule has 0 radical (unpaired) electrons. The number of piperidine rings is 1. The van der Waals surface area contributed by atoms with E-state index in [0.717, 1.165) is 13.1 Å². The van der Waals surface area contributed by atoms with Crippen LogP contribution in [0.4, 0.5) is 16.2 Å². The third-order valence-electron chi connectivity index (χ3n) is 4.18. The fraction of sp³-hybridized carbons (Fsp3) is 0.500. The molecule has 1 aromatic carbocycles.